The van der Waals surface area contributed by atoms with Gasteiger partial charge in [0.2, 0.25) is 0 Å². The van der Waals surface area contributed by atoms with E-state index in [1.54, 1.807) is 0 Å². The number of fused-ring (bicyclic) bond motifs is 2. The molecule has 0 aliphatic carbocycles. The highest BCUT2D eigenvalue weighted by Gasteiger charge is 2.32. The van der Waals surface area contributed by atoms with Crippen LogP contribution in [0.2, 0.25) is 0 Å². The summed E-state index contributed by atoms with van der Waals surface area (Å²) >= 11 is 0. The van der Waals surface area contributed by atoms with E-state index in [2.05, 4.69) is 74.2 Å². The Bertz CT molecular complexity index is 634. The van der Waals surface area contributed by atoms with E-state index in [4.69, 9.17) is 0 Å². The van der Waals surface area contributed by atoms with Crippen molar-refractivity contribution in [2.75, 3.05) is 31.2 Å². The topological polar surface area (TPSA) is 40.4 Å². The van der Waals surface area contributed by atoms with Crippen molar-refractivity contribution < 1.29 is 0 Å². The van der Waals surface area contributed by atoms with Gasteiger partial charge in [0.25, 0.3) is 0 Å². The first-order valence-corrected chi connectivity index (χ1v) is 6.95. The van der Waals surface area contributed by atoms with Crippen molar-refractivity contribution >= 4 is 22.4 Å². The number of nitrogens with zero attached hydrogens (tertiary/aromatic N) is 6. The zero-order valence-corrected chi connectivity index (χ0v) is 13.3. The van der Waals surface area contributed by atoms with Gasteiger partial charge >= 0.3 is 0 Å². The molecule has 108 valence electrons. The maximum absolute atomic E-state index is 4.68. The van der Waals surface area contributed by atoms with Gasteiger partial charge in [-0.05, 0) is 27.7 Å². The highest BCUT2D eigenvalue weighted by molar-refractivity contribution is 5.96. The van der Waals surface area contributed by atoms with E-state index in [1.807, 2.05) is 4.80 Å². The van der Waals surface area contributed by atoms with E-state index in [0.29, 0.717) is 0 Å². The Labute approximate surface area is 119 Å². The van der Waals surface area contributed by atoms with Crippen molar-refractivity contribution in [3.05, 3.63) is 11.1 Å². The Balaban J connectivity index is 2.37. The van der Waals surface area contributed by atoms with Crippen molar-refractivity contribution in [3.63, 3.8) is 0 Å². The van der Waals surface area contributed by atoms with E-state index in [-0.39, 0.29) is 6.04 Å². The van der Waals surface area contributed by atoms with Gasteiger partial charge in [-0.1, -0.05) is 0 Å². The number of hydrogen-bond donors (Lipinski definition) is 0. The molecular weight excluding hydrogens is 252 g/mol. The van der Waals surface area contributed by atoms with Crippen molar-refractivity contribution in [1.29, 1.82) is 0 Å². The van der Waals surface area contributed by atoms with Gasteiger partial charge in [-0.15, -0.1) is 5.12 Å². The minimum atomic E-state index is 0.272. The molecule has 0 radical (unpaired) electrons. The number of hydrazine groups is 2. The van der Waals surface area contributed by atoms with E-state index >= 15 is 0 Å². The third-order valence-corrected chi connectivity index (χ3v) is 4.25. The Morgan fingerprint density at radius 2 is 1.20 bits per heavy atom. The van der Waals surface area contributed by atoms with Gasteiger partial charge in [0.1, 0.15) is 11.0 Å². The number of aromatic nitrogens is 3. The van der Waals surface area contributed by atoms with E-state index in [9.17, 15) is 0 Å². The zero-order chi connectivity index (χ0) is 14.8. The summed E-state index contributed by atoms with van der Waals surface area (Å²) in [5.41, 5.74) is 6.82. The number of benzene rings is 1. The summed E-state index contributed by atoms with van der Waals surface area (Å²) in [4.78, 5) is 1.81. The first-order valence-electron chi connectivity index (χ1n) is 6.95. The standard InChI is InChI=1S/C14H22N6/c1-8(2)20-15-11-9(3)13-14(10(4)12(11)16-20)18(6)19(7)17(13)5/h8H,1-7H3. The van der Waals surface area contributed by atoms with Crippen LogP contribution >= 0.6 is 0 Å². The Kier molecular flexibility index (Phi) is 2.69. The van der Waals surface area contributed by atoms with Gasteiger partial charge in [-0.25, -0.2) is 0 Å². The Morgan fingerprint density at radius 3 is 1.55 bits per heavy atom. The van der Waals surface area contributed by atoms with E-state index in [0.717, 1.165) is 11.0 Å². The summed E-state index contributed by atoms with van der Waals surface area (Å²) in [5, 5.41) is 15.8. The lowest BCUT2D eigenvalue weighted by molar-refractivity contribution is 0.337. The fourth-order valence-electron chi connectivity index (χ4n) is 2.92. The average Bonchev–Trinajstić information content (AvgIpc) is 2.93. The molecule has 0 saturated carbocycles. The average molecular weight is 274 g/mol. The molecule has 0 bridgehead atoms. The summed E-state index contributed by atoms with van der Waals surface area (Å²) in [6.45, 7) is 8.46. The lowest BCUT2D eigenvalue weighted by atomic mass is 10.0. The second-order valence-corrected chi connectivity index (χ2v) is 5.80. The molecule has 2 aromatic rings. The lowest BCUT2D eigenvalue weighted by Gasteiger charge is -2.27. The maximum Gasteiger partial charge on any atom is 0.118 e. The smallest absolute Gasteiger partial charge is 0.118 e. The second kappa shape index (κ2) is 4.09. The molecule has 6 heteroatoms. The summed E-state index contributed by atoms with van der Waals surface area (Å²) in [5.74, 6) is 0. The predicted octanol–water partition coefficient (Wildman–Crippen LogP) is 2.28. The predicted molar refractivity (Wildman–Crippen MR) is 82.0 cm³/mol. The molecule has 0 N–H and O–H groups in total. The molecule has 0 spiro atoms. The van der Waals surface area contributed by atoms with Crippen molar-refractivity contribution in [2.24, 2.45) is 0 Å². The molecule has 1 aromatic heterocycles. The SMILES string of the molecule is Cc1c2c(c(C)c3nn(C(C)C)nc13)N(C)N(C)N2C. The number of aryl methyl sites for hydroxylation is 2. The van der Waals surface area contributed by atoms with Crippen LogP contribution in [0.15, 0.2) is 0 Å². The van der Waals surface area contributed by atoms with Gasteiger partial charge < -0.3 is 0 Å². The highest BCUT2D eigenvalue weighted by Crippen LogP contribution is 2.44. The molecule has 20 heavy (non-hydrogen) atoms. The number of hydrogen-bond acceptors (Lipinski definition) is 5. The fraction of sp³-hybridized carbons (Fsp3) is 0.571. The monoisotopic (exact) mass is 274 g/mol. The second-order valence-electron chi connectivity index (χ2n) is 5.80. The molecule has 0 atom stereocenters. The van der Waals surface area contributed by atoms with Crippen LogP contribution in [-0.2, 0) is 0 Å². The Hall–Kier alpha value is -1.82. The molecule has 6 nitrogen and oxygen atoms in total. The van der Waals surface area contributed by atoms with Crippen LogP contribution in [0.3, 0.4) is 0 Å². The molecule has 1 aliphatic rings. The minimum absolute atomic E-state index is 0.272. The van der Waals surface area contributed by atoms with Crippen LogP contribution in [0.1, 0.15) is 31.0 Å². The van der Waals surface area contributed by atoms with Crippen molar-refractivity contribution in [1.82, 2.24) is 20.1 Å². The van der Waals surface area contributed by atoms with Crippen LogP contribution < -0.4 is 10.0 Å². The normalized spacial score (nSPS) is 15.8. The minimum Gasteiger partial charge on any atom is -0.289 e. The van der Waals surface area contributed by atoms with Gasteiger partial charge in [-0.3, -0.25) is 10.0 Å². The number of anilines is 2. The summed E-state index contributed by atoms with van der Waals surface area (Å²) in [6, 6.07) is 0.272. The molecule has 1 aromatic carbocycles. The fourth-order valence-corrected chi connectivity index (χ4v) is 2.92. The molecule has 0 unspecified atom stereocenters. The number of rotatable bonds is 1. The summed E-state index contributed by atoms with van der Waals surface area (Å²) in [6.07, 6.45) is 0. The van der Waals surface area contributed by atoms with Gasteiger partial charge in [0.05, 0.1) is 17.4 Å². The van der Waals surface area contributed by atoms with Crippen LogP contribution in [0.4, 0.5) is 11.4 Å². The van der Waals surface area contributed by atoms with Crippen molar-refractivity contribution in [3.8, 4) is 0 Å². The van der Waals surface area contributed by atoms with Crippen molar-refractivity contribution in [2.45, 2.75) is 33.7 Å². The van der Waals surface area contributed by atoms with Gasteiger partial charge in [0.15, 0.2) is 0 Å². The Morgan fingerprint density at radius 1 is 0.800 bits per heavy atom. The van der Waals surface area contributed by atoms with Gasteiger partial charge in [0, 0.05) is 32.3 Å². The lowest BCUT2D eigenvalue weighted by Crippen LogP contribution is -2.41. The van der Waals surface area contributed by atoms with E-state index < -0.39 is 0 Å². The van der Waals surface area contributed by atoms with Crippen LogP contribution in [-0.4, -0.2) is 41.3 Å². The molecule has 2 heterocycles. The van der Waals surface area contributed by atoms with Crippen LogP contribution in [0, 0.1) is 13.8 Å². The van der Waals surface area contributed by atoms with E-state index in [1.165, 1.54) is 22.5 Å². The summed E-state index contributed by atoms with van der Waals surface area (Å²) < 4.78 is 0. The maximum atomic E-state index is 4.68. The quantitative estimate of drug-likeness (QED) is 0.798. The van der Waals surface area contributed by atoms with Crippen LogP contribution in [0.25, 0.3) is 11.0 Å². The zero-order valence-electron chi connectivity index (χ0n) is 13.3. The molecule has 3 rings (SSSR count). The molecule has 1 aliphatic heterocycles. The van der Waals surface area contributed by atoms with Gasteiger partial charge in [-0.2, -0.15) is 15.0 Å². The first kappa shape index (κ1) is 13.2. The summed E-state index contributed by atoms with van der Waals surface area (Å²) in [7, 11) is 6.21. The largest absolute Gasteiger partial charge is 0.289 e. The molecule has 0 amide bonds. The highest BCUT2D eigenvalue weighted by atomic mass is 15.9. The molecule has 0 saturated heterocycles. The van der Waals surface area contributed by atoms with Crippen LogP contribution in [0.5, 0.6) is 0 Å². The first-order chi connectivity index (χ1) is 9.34. The third kappa shape index (κ3) is 1.48. The third-order valence-electron chi connectivity index (χ3n) is 4.25. The molecule has 0 fully saturated rings. The molecular formula is C14H22N6.